The Bertz CT molecular complexity index is 896. The van der Waals surface area contributed by atoms with E-state index in [1.54, 1.807) is 4.90 Å². The van der Waals surface area contributed by atoms with Gasteiger partial charge >= 0.3 is 5.97 Å². The van der Waals surface area contributed by atoms with Gasteiger partial charge in [-0.15, -0.1) is 0 Å². The third kappa shape index (κ3) is 3.21. The summed E-state index contributed by atoms with van der Waals surface area (Å²) in [5.74, 6) is -1.24. The largest absolute Gasteiger partial charge is 0.452 e. The summed E-state index contributed by atoms with van der Waals surface area (Å²) in [7, 11) is 0. The smallest absolute Gasteiger partial charge is 0.341 e. The number of benzene rings is 2. The van der Waals surface area contributed by atoms with Crippen molar-refractivity contribution in [2.45, 2.75) is 19.4 Å². The highest BCUT2D eigenvalue weighted by Crippen LogP contribution is 2.31. The molecule has 0 bridgehead atoms. The summed E-state index contributed by atoms with van der Waals surface area (Å²) in [5.41, 5.74) is 7.18. The van der Waals surface area contributed by atoms with Gasteiger partial charge in [0.1, 0.15) is 0 Å². The molecule has 0 aliphatic carbocycles. The first-order valence-electron chi connectivity index (χ1n) is 7.99. The van der Waals surface area contributed by atoms with Crippen molar-refractivity contribution in [2.24, 2.45) is 0 Å². The molecular formula is C18H17N3O5. The minimum Gasteiger partial charge on any atom is -0.452 e. The van der Waals surface area contributed by atoms with Gasteiger partial charge in [0.15, 0.2) is 6.61 Å². The lowest BCUT2D eigenvalue weighted by Gasteiger charge is -2.22. The summed E-state index contributed by atoms with van der Waals surface area (Å²) in [6, 6.07) is 11.0. The van der Waals surface area contributed by atoms with Crippen LogP contribution in [0, 0.1) is 10.1 Å². The first-order valence-corrected chi connectivity index (χ1v) is 7.99. The van der Waals surface area contributed by atoms with Gasteiger partial charge < -0.3 is 15.4 Å². The topological polar surface area (TPSA) is 116 Å². The molecule has 0 spiro atoms. The Labute approximate surface area is 149 Å². The average Bonchev–Trinajstić information content (AvgIpc) is 2.95. The number of nitrogen functional groups attached to an aromatic ring is 1. The Morgan fingerprint density at radius 1 is 1.31 bits per heavy atom. The van der Waals surface area contributed by atoms with Gasteiger partial charge in [-0.25, -0.2) is 4.79 Å². The van der Waals surface area contributed by atoms with Crippen LogP contribution in [0.2, 0.25) is 0 Å². The zero-order valence-electron chi connectivity index (χ0n) is 14.0. The van der Waals surface area contributed by atoms with Crippen LogP contribution in [0.5, 0.6) is 0 Å². The molecule has 2 N–H and O–H groups in total. The number of amides is 1. The summed E-state index contributed by atoms with van der Waals surface area (Å²) < 4.78 is 5.05. The molecule has 2 aromatic carbocycles. The molecule has 26 heavy (non-hydrogen) atoms. The Morgan fingerprint density at radius 2 is 2.04 bits per heavy atom. The highest BCUT2D eigenvalue weighted by atomic mass is 16.6. The van der Waals surface area contributed by atoms with Crippen LogP contribution in [0.25, 0.3) is 0 Å². The summed E-state index contributed by atoms with van der Waals surface area (Å²) in [6.45, 7) is 1.44. The van der Waals surface area contributed by atoms with E-state index in [9.17, 15) is 19.7 Å². The van der Waals surface area contributed by atoms with Crippen molar-refractivity contribution >= 4 is 28.9 Å². The number of anilines is 2. The third-order valence-electron chi connectivity index (χ3n) is 4.27. The monoisotopic (exact) mass is 355 g/mol. The number of non-ortho nitro benzene ring substituents is 1. The van der Waals surface area contributed by atoms with Crippen molar-refractivity contribution in [3.05, 3.63) is 63.7 Å². The highest BCUT2D eigenvalue weighted by Gasteiger charge is 2.31. The van der Waals surface area contributed by atoms with Gasteiger partial charge in [-0.2, -0.15) is 0 Å². The van der Waals surface area contributed by atoms with E-state index in [1.807, 2.05) is 31.2 Å². The van der Waals surface area contributed by atoms with Crippen LogP contribution >= 0.6 is 0 Å². The van der Waals surface area contributed by atoms with E-state index in [4.69, 9.17) is 10.5 Å². The minimum absolute atomic E-state index is 0.0403. The number of nitrogens with zero attached hydrogens (tertiary/aromatic N) is 2. The number of carbonyl (C=O) groups is 2. The zero-order valence-corrected chi connectivity index (χ0v) is 14.0. The van der Waals surface area contributed by atoms with Gasteiger partial charge in [-0.3, -0.25) is 14.9 Å². The maximum Gasteiger partial charge on any atom is 0.341 e. The van der Waals surface area contributed by atoms with Crippen LogP contribution < -0.4 is 10.6 Å². The van der Waals surface area contributed by atoms with Gasteiger partial charge in [0, 0.05) is 29.5 Å². The second-order valence-corrected chi connectivity index (χ2v) is 6.05. The molecule has 8 heteroatoms. The predicted octanol–water partition coefficient (Wildman–Crippen LogP) is 2.31. The second kappa shape index (κ2) is 6.83. The number of para-hydroxylation sites is 1. The Kier molecular flexibility index (Phi) is 4.57. The van der Waals surface area contributed by atoms with Crippen LogP contribution in [0.1, 0.15) is 22.8 Å². The molecule has 2 aromatic rings. The van der Waals surface area contributed by atoms with Crippen molar-refractivity contribution in [1.82, 2.24) is 0 Å². The molecular weight excluding hydrogens is 338 g/mol. The lowest BCUT2D eigenvalue weighted by Crippen LogP contribution is -2.38. The van der Waals surface area contributed by atoms with Crippen molar-refractivity contribution in [2.75, 3.05) is 17.2 Å². The summed E-state index contributed by atoms with van der Waals surface area (Å²) in [5, 5.41) is 10.8. The first-order chi connectivity index (χ1) is 12.4. The van der Waals surface area contributed by atoms with Crippen LogP contribution in [0.4, 0.5) is 17.1 Å². The molecule has 1 amide bonds. The molecule has 0 radical (unpaired) electrons. The van der Waals surface area contributed by atoms with E-state index in [-0.39, 0.29) is 28.9 Å². The van der Waals surface area contributed by atoms with Crippen molar-refractivity contribution < 1.29 is 19.2 Å². The number of nitro groups is 1. The molecule has 1 heterocycles. The van der Waals surface area contributed by atoms with Gasteiger partial charge in [0.05, 0.1) is 10.5 Å². The van der Waals surface area contributed by atoms with Crippen LogP contribution in [-0.2, 0) is 16.0 Å². The molecule has 0 fully saturated rings. The van der Waals surface area contributed by atoms with Crippen LogP contribution in [0.3, 0.4) is 0 Å². The molecule has 1 aliphatic rings. The lowest BCUT2D eigenvalue weighted by molar-refractivity contribution is -0.384. The van der Waals surface area contributed by atoms with Gasteiger partial charge in [-0.1, -0.05) is 18.2 Å². The van der Waals surface area contributed by atoms with E-state index >= 15 is 0 Å². The SMILES string of the molecule is C[C@@H]1Cc2ccccc2N1C(=O)COC(=O)c1cc([N+](=O)[O-])ccc1N. The van der Waals surface area contributed by atoms with Crippen molar-refractivity contribution in [1.29, 1.82) is 0 Å². The standard InChI is InChI=1S/C18H17N3O5/c1-11-8-12-4-2-3-5-16(12)20(11)17(22)10-26-18(23)14-9-13(21(24)25)6-7-15(14)19/h2-7,9,11H,8,10,19H2,1H3/t11-/m1/s1. The fraction of sp³-hybridized carbons (Fsp3) is 0.222. The number of rotatable bonds is 4. The molecule has 0 saturated heterocycles. The molecule has 0 aromatic heterocycles. The predicted molar refractivity (Wildman–Crippen MR) is 94.9 cm³/mol. The quantitative estimate of drug-likeness (QED) is 0.389. The molecule has 0 unspecified atom stereocenters. The minimum atomic E-state index is -0.875. The third-order valence-corrected chi connectivity index (χ3v) is 4.27. The summed E-state index contributed by atoms with van der Waals surface area (Å²) in [6.07, 6.45) is 0.730. The average molecular weight is 355 g/mol. The number of ether oxygens (including phenoxy) is 1. The zero-order chi connectivity index (χ0) is 18.8. The van der Waals surface area contributed by atoms with Crippen molar-refractivity contribution in [3.8, 4) is 0 Å². The number of nitro benzene ring substituents is 1. The van der Waals surface area contributed by atoms with Crippen molar-refractivity contribution in [3.63, 3.8) is 0 Å². The molecule has 0 saturated carbocycles. The number of fused-ring (bicyclic) bond motifs is 1. The van der Waals surface area contributed by atoms with E-state index in [0.29, 0.717) is 0 Å². The molecule has 1 aliphatic heterocycles. The number of nitrogens with two attached hydrogens (primary N) is 1. The Morgan fingerprint density at radius 3 is 2.77 bits per heavy atom. The second-order valence-electron chi connectivity index (χ2n) is 6.05. The number of esters is 1. The highest BCUT2D eigenvalue weighted by molar-refractivity contribution is 6.00. The van der Waals surface area contributed by atoms with E-state index < -0.39 is 17.5 Å². The van der Waals surface area contributed by atoms with E-state index in [0.717, 1.165) is 23.7 Å². The van der Waals surface area contributed by atoms with Crippen LogP contribution in [-0.4, -0.2) is 29.4 Å². The normalized spacial score (nSPS) is 15.4. The van der Waals surface area contributed by atoms with E-state index in [1.165, 1.54) is 12.1 Å². The number of hydrogen-bond acceptors (Lipinski definition) is 6. The van der Waals surface area contributed by atoms with Gasteiger partial charge in [0.25, 0.3) is 11.6 Å². The Hall–Kier alpha value is -3.42. The van der Waals surface area contributed by atoms with Gasteiger partial charge in [0.2, 0.25) is 0 Å². The summed E-state index contributed by atoms with van der Waals surface area (Å²) in [4.78, 5) is 36.5. The number of carbonyl (C=O) groups excluding carboxylic acids is 2. The Balaban J connectivity index is 1.71. The first kappa shape index (κ1) is 17.4. The van der Waals surface area contributed by atoms with Crippen LogP contribution in [0.15, 0.2) is 42.5 Å². The maximum atomic E-state index is 12.5. The lowest BCUT2D eigenvalue weighted by atomic mass is 10.1. The fourth-order valence-corrected chi connectivity index (χ4v) is 3.05. The molecule has 1 atom stereocenters. The van der Waals surface area contributed by atoms with E-state index in [2.05, 4.69) is 0 Å². The molecule has 134 valence electrons. The van der Waals surface area contributed by atoms with Gasteiger partial charge in [-0.05, 0) is 31.0 Å². The number of hydrogen-bond donors (Lipinski definition) is 1. The summed E-state index contributed by atoms with van der Waals surface area (Å²) >= 11 is 0. The molecule has 8 nitrogen and oxygen atoms in total. The fourth-order valence-electron chi connectivity index (χ4n) is 3.05. The maximum absolute atomic E-state index is 12.5. The molecule has 3 rings (SSSR count).